The van der Waals surface area contributed by atoms with Crippen LogP contribution >= 0.6 is 0 Å². The van der Waals surface area contributed by atoms with Crippen molar-refractivity contribution in [2.75, 3.05) is 0 Å². The van der Waals surface area contributed by atoms with E-state index in [1.807, 2.05) is 31.2 Å². The molecular weight excluding hydrogens is 178 g/mol. The second kappa shape index (κ2) is 4.56. The smallest absolute Gasteiger partial charge is 0.243 e. The summed E-state index contributed by atoms with van der Waals surface area (Å²) in [6, 6.07) is 7.71. The molecule has 1 aromatic rings. The summed E-state index contributed by atoms with van der Waals surface area (Å²) in [5.41, 5.74) is 2.24. The molecule has 3 heteroatoms. The van der Waals surface area contributed by atoms with E-state index in [0.29, 0.717) is 0 Å². The summed E-state index contributed by atoms with van der Waals surface area (Å²) < 4.78 is 0. The van der Waals surface area contributed by atoms with Crippen molar-refractivity contribution in [2.24, 2.45) is 0 Å². The largest absolute Gasteiger partial charge is 0.259 e. The van der Waals surface area contributed by atoms with Gasteiger partial charge >= 0.3 is 0 Å². The Morgan fingerprint density at radius 3 is 2.71 bits per heavy atom. The molecule has 0 atom stereocenters. The molecule has 1 aromatic carbocycles. The molecule has 14 heavy (non-hydrogen) atoms. The third kappa shape index (κ3) is 2.42. The van der Waals surface area contributed by atoms with E-state index in [1.54, 1.807) is 6.08 Å². The van der Waals surface area contributed by atoms with Crippen LogP contribution in [0.3, 0.4) is 0 Å². The van der Waals surface area contributed by atoms with Crippen LogP contribution in [0, 0.1) is 10.1 Å². The number of benzene rings is 1. The lowest BCUT2D eigenvalue weighted by Gasteiger charge is -2.01. The van der Waals surface area contributed by atoms with E-state index in [9.17, 15) is 10.1 Å². The van der Waals surface area contributed by atoms with E-state index in [1.165, 1.54) is 6.92 Å². The minimum atomic E-state index is -0.369. The summed E-state index contributed by atoms with van der Waals surface area (Å²) in [6.45, 7) is 3.54. The topological polar surface area (TPSA) is 43.1 Å². The molecule has 0 radical (unpaired) electrons. The fourth-order valence-electron chi connectivity index (χ4n) is 1.27. The van der Waals surface area contributed by atoms with Crippen LogP contribution in [-0.2, 0) is 6.42 Å². The fraction of sp³-hybridized carbons (Fsp3) is 0.273. The Morgan fingerprint density at radius 2 is 2.14 bits per heavy atom. The van der Waals surface area contributed by atoms with Gasteiger partial charge in [0.05, 0.1) is 4.92 Å². The number of hydrogen-bond acceptors (Lipinski definition) is 2. The molecule has 0 aromatic heterocycles. The van der Waals surface area contributed by atoms with Gasteiger partial charge in [0.15, 0.2) is 0 Å². The van der Waals surface area contributed by atoms with E-state index >= 15 is 0 Å². The number of nitrogens with zero attached hydrogens (tertiary/aromatic N) is 1. The number of rotatable bonds is 3. The van der Waals surface area contributed by atoms with Crippen molar-refractivity contribution in [1.82, 2.24) is 0 Å². The lowest BCUT2D eigenvalue weighted by molar-refractivity contribution is -0.422. The van der Waals surface area contributed by atoms with Crippen molar-refractivity contribution in [3.63, 3.8) is 0 Å². The van der Waals surface area contributed by atoms with Crippen LogP contribution in [0.5, 0.6) is 0 Å². The highest BCUT2D eigenvalue weighted by atomic mass is 16.6. The molecule has 0 unspecified atom stereocenters. The van der Waals surface area contributed by atoms with Gasteiger partial charge in [-0.25, -0.2) is 0 Å². The quantitative estimate of drug-likeness (QED) is 0.544. The number of aryl methyl sites for hydroxylation is 1. The van der Waals surface area contributed by atoms with Crippen LogP contribution in [0.2, 0.25) is 0 Å². The molecule has 0 amide bonds. The molecule has 0 aliphatic carbocycles. The summed E-state index contributed by atoms with van der Waals surface area (Å²) in [6.07, 6.45) is 2.50. The van der Waals surface area contributed by atoms with Crippen molar-refractivity contribution < 1.29 is 4.92 Å². The Labute approximate surface area is 83.2 Å². The van der Waals surface area contributed by atoms with E-state index in [0.717, 1.165) is 17.5 Å². The molecule has 0 spiro atoms. The lowest BCUT2D eigenvalue weighted by atomic mass is 10.0. The van der Waals surface area contributed by atoms with Crippen LogP contribution < -0.4 is 0 Å². The molecule has 0 heterocycles. The van der Waals surface area contributed by atoms with Gasteiger partial charge in [-0.1, -0.05) is 31.2 Å². The Balaban J connectivity index is 3.07. The molecule has 3 nitrogen and oxygen atoms in total. The number of allylic oxidation sites excluding steroid dienone is 1. The van der Waals surface area contributed by atoms with E-state index < -0.39 is 0 Å². The zero-order valence-electron chi connectivity index (χ0n) is 8.36. The fourth-order valence-corrected chi connectivity index (χ4v) is 1.27. The maximum absolute atomic E-state index is 10.4. The van der Waals surface area contributed by atoms with Crippen molar-refractivity contribution in [3.8, 4) is 0 Å². The Hall–Kier alpha value is -1.64. The van der Waals surface area contributed by atoms with Crippen molar-refractivity contribution in [3.05, 3.63) is 51.2 Å². The first kappa shape index (κ1) is 10.4. The zero-order valence-corrected chi connectivity index (χ0v) is 8.36. The van der Waals surface area contributed by atoms with Crippen LogP contribution in [0.25, 0.3) is 6.08 Å². The standard InChI is InChI=1S/C11H13NO2/c1-3-10-6-4-5-7-11(10)8-9(2)12(13)14/h4-8H,3H2,1-2H3/b9-8-. The van der Waals surface area contributed by atoms with Crippen molar-refractivity contribution in [2.45, 2.75) is 20.3 Å². The lowest BCUT2D eigenvalue weighted by Crippen LogP contribution is -1.94. The predicted octanol–water partition coefficient (Wildman–Crippen LogP) is 2.89. The summed E-state index contributed by atoms with van der Waals surface area (Å²) in [7, 11) is 0. The van der Waals surface area contributed by atoms with Crippen LogP contribution in [0.15, 0.2) is 30.0 Å². The zero-order chi connectivity index (χ0) is 10.6. The van der Waals surface area contributed by atoms with Gasteiger partial charge in [-0.05, 0) is 17.5 Å². The first-order chi connectivity index (χ1) is 6.65. The van der Waals surface area contributed by atoms with E-state index in [-0.39, 0.29) is 10.6 Å². The summed E-state index contributed by atoms with van der Waals surface area (Å²) in [5, 5.41) is 10.4. The van der Waals surface area contributed by atoms with Crippen molar-refractivity contribution in [1.29, 1.82) is 0 Å². The minimum absolute atomic E-state index is 0.172. The van der Waals surface area contributed by atoms with Crippen LogP contribution in [-0.4, -0.2) is 4.92 Å². The third-order valence-electron chi connectivity index (χ3n) is 2.09. The molecule has 0 N–H and O–H groups in total. The Morgan fingerprint density at radius 1 is 1.50 bits per heavy atom. The molecule has 74 valence electrons. The number of hydrogen-bond donors (Lipinski definition) is 0. The third-order valence-corrected chi connectivity index (χ3v) is 2.09. The van der Waals surface area contributed by atoms with E-state index in [2.05, 4.69) is 0 Å². The highest BCUT2D eigenvalue weighted by molar-refractivity contribution is 5.54. The SMILES string of the molecule is CCc1ccccc1/C=C(/C)[N+](=O)[O-]. The van der Waals surface area contributed by atoms with Gasteiger partial charge in [-0.2, -0.15) is 0 Å². The minimum Gasteiger partial charge on any atom is -0.259 e. The maximum atomic E-state index is 10.4. The summed E-state index contributed by atoms with van der Waals surface area (Å²) >= 11 is 0. The molecule has 1 rings (SSSR count). The Bertz CT molecular complexity index is 369. The first-order valence-corrected chi connectivity index (χ1v) is 4.55. The van der Waals surface area contributed by atoms with Gasteiger partial charge in [0.25, 0.3) is 0 Å². The van der Waals surface area contributed by atoms with Gasteiger partial charge in [-0.3, -0.25) is 10.1 Å². The average molecular weight is 191 g/mol. The van der Waals surface area contributed by atoms with Gasteiger partial charge in [0, 0.05) is 13.0 Å². The number of nitro groups is 1. The highest BCUT2D eigenvalue weighted by Gasteiger charge is 2.03. The van der Waals surface area contributed by atoms with Gasteiger partial charge in [-0.15, -0.1) is 0 Å². The molecule has 0 aliphatic heterocycles. The highest BCUT2D eigenvalue weighted by Crippen LogP contribution is 2.13. The summed E-state index contributed by atoms with van der Waals surface area (Å²) in [4.78, 5) is 10.1. The van der Waals surface area contributed by atoms with Crippen molar-refractivity contribution >= 4 is 6.08 Å². The van der Waals surface area contributed by atoms with Crippen LogP contribution in [0.1, 0.15) is 25.0 Å². The molecule has 0 aliphatic rings. The normalized spacial score (nSPS) is 11.4. The molecule has 0 saturated carbocycles. The molecule has 0 fully saturated rings. The monoisotopic (exact) mass is 191 g/mol. The van der Waals surface area contributed by atoms with E-state index in [4.69, 9.17) is 0 Å². The van der Waals surface area contributed by atoms with Crippen LogP contribution in [0.4, 0.5) is 0 Å². The second-order valence-corrected chi connectivity index (χ2v) is 3.10. The molecule has 0 saturated heterocycles. The summed E-state index contributed by atoms with van der Waals surface area (Å²) in [5.74, 6) is 0. The average Bonchev–Trinajstić information content (AvgIpc) is 2.18. The maximum Gasteiger partial charge on any atom is 0.243 e. The Kier molecular flexibility index (Phi) is 3.40. The van der Waals surface area contributed by atoms with Gasteiger partial charge < -0.3 is 0 Å². The molecule has 0 bridgehead atoms. The predicted molar refractivity (Wildman–Crippen MR) is 56.5 cm³/mol. The van der Waals surface area contributed by atoms with Gasteiger partial charge in [0.2, 0.25) is 5.70 Å². The molecular formula is C11H13NO2. The first-order valence-electron chi connectivity index (χ1n) is 4.55. The second-order valence-electron chi connectivity index (χ2n) is 3.10. The van der Waals surface area contributed by atoms with Gasteiger partial charge in [0.1, 0.15) is 0 Å².